The molecule has 0 unspecified atom stereocenters. The summed E-state index contributed by atoms with van der Waals surface area (Å²) in [5, 5.41) is 10.1. The molecule has 5 heteroatoms. The van der Waals surface area contributed by atoms with E-state index >= 15 is 0 Å². The predicted octanol–water partition coefficient (Wildman–Crippen LogP) is 3.16. The van der Waals surface area contributed by atoms with E-state index in [0.717, 1.165) is 0 Å². The highest BCUT2D eigenvalue weighted by Gasteiger charge is 2.06. The van der Waals surface area contributed by atoms with Crippen LogP contribution in [0.15, 0.2) is 30.6 Å². The maximum atomic E-state index is 9.04. The zero-order chi connectivity index (χ0) is 10.8. The lowest BCUT2D eigenvalue weighted by molar-refractivity contribution is 0.470. The van der Waals surface area contributed by atoms with Crippen molar-refractivity contribution in [1.29, 1.82) is 0 Å². The number of hydrogen-bond acceptors (Lipinski definition) is 3. The molecule has 1 aromatic heterocycles. The molecule has 0 saturated heterocycles. The molecule has 0 saturated carbocycles. The third kappa shape index (κ3) is 2.19. The first-order chi connectivity index (χ1) is 7.16. The third-order valence-corrected chi connectivity index (χ3v) is 2.37. The van der Waals surface area contributed by atoms with E-state index < -0.39 is 0 Å². The van der Waals surface area contributed by atoms with Crippen LogP contribution in [0.2, 0.25) is 10.0 Å². The van der Waals surface area contributed by atoms with Crippen molar-refractivity contribution in [1.82, 2.24) is 9.97 Å². The first-order valence-electron chi connectivity index (χ1n) is 4.13. The van der Waals surface area contributed by atoms with Gasteiger partial charge in [0.2, 0.25) is 0 Å². The maximum Gasteiger partial charge on any atom is 0.160 e. The summed E-state index contributed by atoms with van der Waals surface area (Å²) in [6.45, 7) is 0. The lowest BCUT2D eigenvalue weighted by atomic mass is 10.2. The molecule has 15 heavy (non-hydrogen) atoms. The topological polar surface area (TPSA) is 46.0 Å². The van der Waals surface area contributed by atoms with Gasteiger partial charge in [0, 0.05) is 10.6 Å². The zero-order valence-electron chi connectivity index (χ0n) is 7.48. The number of halogens is 2. The summed E-state index contributed by atoms with van der Waals surface area (Å²) in [5.74, 6) is 0.442. The van der Waals surface area contributed by atoms with Gasteiger partial charge in [-0.05, 0) is 18.2 Å². The molecule has 0 amide bonds. The van der Waals surface area contributed by atoms with Crippen LogP contribution in [0.4, 0.5) is 0 Å². The molecule has 0 spiro atoms. The summed E-state index contributed by atoms with van der Waals surface area (Å²) >= 11 is 11.8. The van der Waals surface area contributed by atoms with Gasteiger partial charge < -0.3 is 5.11 Å². The normalized spacial score (nSPS) is 10.3. The van der Waals surface area contributed by atoms with Crippen LogP contribution in [0.25, 0.3) is 11.4 Å². The fourth-order valence-electron chi connectivity index (χ4n) is 1.13. The van der Waals surface area contributed by atoms with Crippen LogP contribution in [0.3, 0.4) is 0 Å². The van der Waals surface area contributed by atoms with Gasteiger partial charge in [-0.25, -0.2) is 9.97 Å². The van der Waals surface area contributed by atoms with Crippen molar-refractivity contribution < 1.29 is 5.11 Å². The van der Waals surface area contributed by atoms with Crippen molar-refractivity contribution in [3.8, 4) is 17.1 Å². The molecule has 2 aromatic rings. The highest BCUT2D eigenvalue weighted by Crippen LogP contribution is 2.28. The van der Waals surface area contributed by atoms with Crippen LogP contribution >= 0.6 is 23.2 Å². The minimum Gasteiger partial charge on any atom is -0.505 e. The number of aromatic hydroxyl groups is 1. The van der Waals surface area contributed by atoms with E-state index in [0.29, 0.717) is 21.4 Å². The van der Waals surface area contributed by atoms with Crippen molar-refractivity contribution in [2.45, 2.75) is 0 Å². The first-order valence-corrected chi connectivity index (χ1v) is 4.89. The molecule has 0 fully saturated rings. The number of hydrogen-bond donors (Lipinski definition) is 1. The molecule has 1 heterocycles. The summed E-state index contributed by atoms with van der Waals surface area (Å²) < 4.78 is 0. The SMILES string of the molecule is Oc1cnc(-c2cc(Cl)ccc2Cl)nc1. The Bertz CT molecular complexity index is 485. The largest absolute Gasteiger partial charge is 0.505 e. The Kier molecular flexibility index (Phi) is 2.75. The fourth-order valence-corrected chi connectivity index (χ4v) is 1.50. The average Bonchev–Trinajstić information content (AvgIpc) is 2.23. The van der Waals surface area contributed by atoms with E-state index in [1.165, 1.54) is 12.4 Å². The van der Waals surface area contributed by atoms with Crippen molar-refractivity contribution in [2.24, 2.45) is 0 Å². The number of benzene rings is 1. The Hall–Kier alpha value is -1.32. The molecule has 0 bridgehead atoms. The standard InChI is InChI=1S/C10H6Cl2N2O/c11-6-1-2-9(12)8(3-6)10-13-4-7(15)5-14-10/h1-5,15H. The van der Waals surface area contributed by atoms with E-state index in [4.69, 9.17) is 28.3 Å². The van der Waals surface area contributed by atoms with E-state index in [-0.39, 0.29) is 5.75 Å². The van der Waals surface area contributed by atoms with Crippen molar-refractivity contribution in [3.63, 3.8) is 0 Å². The molecule has 0 aliphatic rings. The predicted molar refractivity (Wildman–Crippen MR) is 59.2 cm³/mol. The highest BCUT2D eigenvalue weighted by atomic mass is 35.5. The second kappa shape index (κ2) is 4.04. The second-order valence-corrected chi connectivity index (χ2v) is 3.73. The molecule has 3 nitrogen and oxygen atoms in total. The van der Waals surface area contributed by atoms with E-state index in [1.807, 2.05) is 0 Å². The van der Waals surface area contributed by atoms with Crippen LogP contribution in [0.5, 0.6) is 5.75 Å². The number of aromatic nitrogens is 2. The Morgan fingerprint density at radius 3 is 2.40 bits per heavy atom. The van der Waals surface area contributed by atoms with E-state index in [1.54, 1.807) is 18.2 Å². The molecule has 0 aliphatic heterocycles. The van der Waals surface area contributed by atoms with Gasteiger partial charge in [-0.15, -0.1) is 0 Å². The monoisotopic (exact) mass is 240 g/mol. The minimum absolute atomic E-state index is 0.0110. The smallest absolute Gasteiger partial charge is 0.160 e. The molecule has 1 N–H and O–H groups in total. The second-order valence-electron chi connectivity index (χ2n) is 2.89. The van der Waals surface area contributed by atoms with Crippen LogP contribution in [0.1, 0.15) is 0 Å². The summed E-state index contributed by atoms with van der Waals surface area (Å²) in [6.07, 6.45) is 2.61. The molecule has 0 atom stereocenters. The van der Waals surface area contributed by atoms with Crippen LogP contribution in [-0.2, 0) is 0 Å². The maximum absolute atomic E-state index is 9.04. The Morgan fingerprint density at radius 1 is 1.07 bits per heavy atom. The summed E-state index contributed by atoms with van der Waals surface area (Å²) in [5.41, 5.74) is 0.643. The fraction of sp³-hybridized carbons (Fsp3) is 0. The molecule has 2 rings (SSSR count). The average molecular weight is 241 g/mol. The van der Waals surface area contributed by atoms with Crippen molar-refractivity contribution in [3.05, 3.63) is 40.6 Å². The molecular weight excluding hydrogens is 235 g/mol. The van der Waals surface area contributed by atoms with Gasteiger partial charge in [0.05, 0.1) is 17.4 Å². The molecule has 0 aliphatic carbocycles. The molecule has 1 aromatic carbocycles. The van der Waals surface area contributed by atoms with Gasteiger partial charge >= 0.3 is 0 Å². The van der Waals surface area contributed by atoms with Gasteiger partial charge in [-0.3, -0.25) is 0 Å². The van der Waals surface area contributed by atoms with Gasteiger partial charge in [0.15, 0.2) is 11.6 Å². The van der Waals surface area contributed by atoms with Crippen LogP contribution in [-0.4, -0.2) is 15.1 Å². The minimum atomic E-state index is 0.0110. The van der Waals surface area contributed by atoms with Crippen molar-refractivity contribution in [2.75, 3.05) is 0 Å². The molecule has 0 radical (unpaired) electrons. The lowest BCUT2D eigenvalue weighted by Gasteiger charge is -2.02. The summed E-state index contributed by atoms with van der Waals surface area (Å²) in [6, 6.07) is 5.04. The Labute approximate surface area is 96.3 Å². The van der Waals surface area contributed by atoms with Crippen LogP contribution < -0.4 is 0 Å². The van der Waals surface area contributed by atoms with E-state index in [9.17, 15) is 0 Å². The van der Waals surface area contributed by atoms with E-state index in [2.05, 4.69) is 9.97 Å². The summed E-state index contributed by atoms with van der Waals surface area (Å²) in [4.78, 5) is 7.89. The Balaban J connectivity index is 2.53. The molecule has 76 valence electrons. The van der Waals surface area contributed by atoms with Gasteiger partial charge in [-0.2, -0.15) is 0 Å². The van der Waals surface area contributed by atoms with Gasteiger partial charge in [0.1, 0.15) is 0 Å². The highest BCUT2D eigenvalue weighted by molar-refractivity contribution is 6.35. The quantitative estimate of drug-likeness (QED) is 0.833. The van der Waals surface area contributed by atoms with Gasteiger partial charge in [0.25, 0.3) is 0 Å². The zero-order valence-corrected chi connectivity index (χ0v) is 9.00. The van der Waals surface area contributed by atoms with Crippen LogP contribution in [0, 0.1) is 0 Å². The molecular formula is C10H6Cl2N2O. The lowest BCUT2D eigenvalue weighted by Crippen LogP contribution is -1.88. The number of nitrogens with zero attached hydrogens (tertiary/aromatic N) is 2. The first kappa shape index (κ1) is 10.2. The van der Waals surface area contributed by atoms with Gasteiger partial charge in [-0.1, -0.05) is 23.2 Å². The third-order valence-electron chi connectivity index (χ3n) is 1.81. The summed E-state index contributed by atoms with van der Waals surface area (Å²) in [7, 11) is 0. The number of rotatable bonds is 1. The van der Waals surface area contributed by atoms with Crippen molar-refractivity contribution >= 4 is 23.2 Å². The Morgan fingerprint density at radius 2 is 1.73 bits per heavy atom.